The molecule has 0 saturated carbocycles. The second kappa shape index (κ2) is 4.78. The largest absolute Gasteiger partial charge is 0.308 e. The maximum atomic E-state index is 5.52. The Morgan fingerprint density at radius 2 is 2.25 bits per heavy atom. The minimum atomic E-state index is -0.243. The first-order valence-corrected chi connectivity index (χ1v) is 6.88. The van der Waals surface area contributed by atoms with Gasteiger partial charge < -0.3 is 11.5 Å². The first kappa shape index (κ1) is 12.0. The van der Waals surface area contributed by atoms with Crippen LogP contribution in [-0.4, -0.2) is 11.3 Å². The molecule has 0 radical (unpaired) electrons. The van der Waals surface area contributed by atoms with E-state index in [2.05, 4.69) is 26.0 Å². The van der Waals surface area contributed by atoms with Crippen LogP contribution in [0.2, 0.25) is 0 Å². The number of hydrogen-bond acceptors (Lipinski definition) is 3. The van der Waals surface area contributed by atoms with Crippen LogP contribution in [0.1, 0.15) is 26.7 Å². The van der Waals surface area contributed by atoms with Crippen LogP contribution < -0.4 is 11.5 Å². The smallest absolute Gasteiger partial charge is 0.100 e. The van der Waals surface area contributed by atoms with Crippen LogP contribution in [-0.2, 0) is 0 Å². The lowest BCUT2D eigenvalue weighted by Gasteiger charge is -2.10. The van der Waals surface area contributed by atoms with Crippen LogP contribution in [0.4, 0.5) is 0 Å². The van der Waals surface area contributed by atoms with Crippen molar-refractivity contribution >= 4 is 11.8 Å². The summed E-state index contributed by atoms with van der Waals surface area (Å²) in [5.74, 6) is 1.74. The van der Waals surface area contributed by atoms with Crippen molar-refractivity contribution in [1.82, 2.24) is 0 Å². The van der Waals surface area contributed by atoms with Gasteiger partial charge in [0.25, 0.3) is 0 Å². The highest BCUT2D eigenvalue weighted by Gasteiger charge is 2.30. The van der Waals surface area contributed by atoms with Gasteiger partial charge in [-0.1, -0.05) is 24.6 Å². The van der Waals surface area contributed by atoms with Gasteiger partial charge in [-0.15, -0.1) is 11.8 Å². The Kier molecular flexibility index (Phi) is 3.57. The summed E-state index contributed by atoms with van der Waals surface area (Å²) in [6.07, 6.45) is 6.94. The number of allylic oxidation sites excluding steroid dienone is 6. The monoisotopic (exact) mass is 236 g/mol. The lowest BCUT2D eigenvalue weighted by molar-refractivity contribution is 0.957. The van der Waals surface area contributed by atoms with E-state index in [1.54, 1.807) is 22.9 Å². The van der Waals surface area contributed by atoms with E-state index in [1.165, 1.54) is 11.1 Å². The highest BCUT2D eigenvalue weighted by atomic mass is 32.2. The van der Waals surface area contributed by atoms with E-state index in [-0.39, 0.29) is 5.50 Å². The molecule has 0 aromatic carbocycles. The Balaban J connectivity index is 1.90. The van der Waals surface area contributed by atoms with Gasteiger partial charge in [-0.05, 0) is 36.5 Å². The van der Waals surface area contributed by atoms with E-state index in [4.69, 9.17) is 11.5 Å². The zero-order valence-electron chi connectivity index (χ0n) is 9.99. The maximum Gasteiger partial charge on any atom is 0.100 e. The van der Waals surface area contributed by atoms with Gasteiger partial charge in [0, 0.05) is 11.7 Å². The van der Waals surface area contributed by atoms with Crippen LogP contribution in [0.15, 0.2) is 34.4 Å². The number of nitrogens with two attached hydrogens (primary N) is 2. The molecule has 1 atom stereocenters. The second-order valence-electron chi connectivity index (χ2n) is 4.55. The van der Waals surface area contributed by atoms with Gasteiger partial charge in [-0.25, -0.2) is 0 Å². The average molecular weight is 236 g/mol. The normalized spacial score (nSPS) is 23.9. The zero-order valence-corrected chi connectivity index (χ0v) is 10.8. The van der Waals surface area contributed by atoms with Gasteiger partial charge in [-0.3, -0.25) is 0 Å². The van der Waals surface area contributed by atoms with Crippen molar-refractivity contribution in [3.8, 4) is 0 Å². The Bertz CT molecular complexity index is 377. The minimum Gasteiger partial charge on any atom is -0.308 e. The molecule has 88 valence electrons. The van der Waals surface area contributed by atoms with Gasteiger partial charge in [-0.2, -0.15) is 0 Å². The zero-order chi connectivity index (χ0) is 11.7. The SMILES string of the molecule is CC1=CC2=C(CC=C1CCSC(N)N)C2C. The van der Waals surface area contributed by atoms with Crippen molar-refractivity contribution in [2.75, 3.05) is 5.75 Å². The van der Waals surface area contributed by atoms with Crippen LogP contribution in [0.5, 0.6) is 0 Å². The van der Waals surface area contributed by atoms with Crippen LogP contribution >= 0.6 is 11.8 Å². The molecular weight excluding hydrogens is 216 g/mol. The van der Waals surface area contributed by atoms with Gasteiger partial charge in [0.15, 0.2) is 0 Å². The average Bonchev–Trinajstić information content (AvgIpc) is 2.85. The summed E-state index contributed by atoms with van der Waals surface area (Å²) in [7, 11) is 0. The van der Waals surface area contributed by atoms with E-state index in [9.17, 15) is 0 Å². The molecular formula is C13H20N2S. The first-order chi connectivity index (χ1) is 7.59. The molecule has 4 N–H and O–H groups in total. The molecule has 0 bridgehead atoms. The number of thioether (sulfide) groups is 1. The molecule has 0 aliphatic heterocycles. The van der Waals surface area contributed by atoms with E-state index < -0.39 is 0 Å². The van der Waals surface area contributed by atoms with Gasteiger partial charge in [0.2, 0.25) is 0 Å². The third-order valence-corrected chi connectivity index (χ3v) is 4.23. The fourth-order valence-corrected chi connectivity index (χ4v) is 2.87. The third-order valence-electron chi connectivity index (χ3n) is 3.41. The fourth-order valence-electron chi connectivity index (χ4n) is 2.26. The molecule has 0 fully saturated rings. The van der Waals surface area contributed by atoms with Crippen LogP contribution in [0.25, 0.3) is 0 Å². The summed E-state index contributed by atoms with van der Waals surface area (Å²) in [5.41, 5.74) is 16.9. The molecule has 0 aromatic heterocycles. The standard InChI is InChI=1S/C13H20N2S/c1-8-7-12-9(2)11(12)4-3-10(8)5-6-16-13(14)15/h3,7,9,13H,4-6,14-15H2,1-2H3. The van der Waals surface area contributed by atoms with Crippen molar-refractivity contribution < 1.29 is 0 Å². The van der Waals surface area contributed by atoms with Gasteiger partial charge >= 0.3 is 0 Å². The van der Waals surface area contributed by atoms with Crippen molar-refractivity contribution in [3.05, 3.63) is 34.4 Å². The molecule has 16 heavy (non-hydrogen) atoms. The predicted octanol–water partition coefficient (Wildman–Crippen LogP) is 2.53. The summed E-state index contributed by atoms with van der Waals surface area (Å²) in [4.78, 5) is 0. The Labute approximate surface area is 102 Å². The molecule has 0 saturated heterocycles. The molecule has 3 heteroatoms. The summed E-state index contributed by atoms with van der Waals surface area (Å²) < 4.78 is 0. The minimum absolute atomic E-state index is 0.243. The third kappa shape index (κ3) is 2.59. The van der Waals surface area contributed by atoms with Gasteiger partial charge in [0.1, 0.15) is 5.50 Å². The molecule has 1 unspecified atom stereocenters. The van der Waals surface area contributed by atoms with Crippen LogP contribution in [0, 0.1) is 5.92 Å². The molecule has 0 amide bonds. The summed E-state index contributed by atoms with van der Waals surface area (Å²) in [6, 6.07) is 0. The van der Waals surface area contributed by atoms with Gasteiger partial charge in [0.05, 0.1) is 0 Å². The van der Waals surface area contributed by atoms with Crippen molar-refractivity contribution in [3.63, 3.8) is 0 Å². The van der Waals surface area contributed by atoms with E-state index in [1.807, 2.05) is 0 Å². The molecule has 2 rings (SSSR count). The topological polar surface area (TPSA) is 52.0 Å². The Morgan fingerprint density at radius 3 is 2.94 bits per heavy atom. The predicted molar refractivity (Wildman–Crippen MR) is 71.9 cm³/mol. The van der Waals surface area contributed by atoms with E-state index in [0.29, 0.717) is 0 Å². The highest BCUT2D eigenvalue weighted by molar-refractivity contribution is 7.99. The first-order valence-electron chi connectivity index (χ1n) is 5.83. The van der Waals surface area contributed by atoms with E-state index >= 15 is 0 Å². The molecule has 0 heterocycles. The lowest BCUT2D eigenvalue weighted by atomic mass is 10.0. The number of hydrogen-bond donors (Lipinski definition) is 2. The second-order valence-corrected chi connectivity index (χ2v) is 5.83. The summed E-state index contributed by atoms with van der Waals surface area (Å²) in [6.45, 7) is 4.50. The molecule has 2 aliphatic carbocycles. The maximum absolute atomic E-state index is 5.52. The van der Waals surface area contributed by atoms with Crippen LogP contribution in [0.3, 0.4) is 0 Å². The van der Waals surface area contributed by atoms with E-state index in [0.717, 1.165) is 24.5 Å². The highest BCUT2D eigenvalue weighted by Crippen LogP contribution is 2.45. The molecule has 0 aromatic rings. The molecule has 2 nitrogen and oxygen atoms in total. The fraction of sp³-hybridized carbons (Fsp3) is 0.538. The quantitative estimate of drug-likeness (QED) is 0.738. The Morgan fingerprint density at radius 1 is 1.50 bits per heavy atom. The van der Waals surface area contributed by atoms with Crippen molar-refractivity contribution in [1.29, 1.82) is 0 Å². The molecule has 2 aliphatic rings. The lowest BCUT2D eigenvalue weighted by Crippen LogP contribution is -2.26. The van der Waals surface area contributed by atoms with Crippen molar-refractivity contribution in [2.24, 2.45) is 17.4 Å². The molecule has 0 spiro atoms. The summed E-state index contributed by atoms with van der Waals surface area (Å²) in [5, 5.41) is 0. The summed E-state index contributed by atoms with van der Waals surface area (Å²) >= 11 is 1.62. The Hall–Kier alpha value is -0.510. The van der Waals surface area contributed by atoms with Crippen molar-refractivity contribution in [2.45, 2.75) is 32.2 Å². The number of rotatable bonds is 4.